The molecule has 0 saturated carbocycles. The molecule has 1 aliphatic rings. The van der Waals surface area contributed by atoms with E-state index in [4.69, 9.17) is 19.9 Å². The monoisotopic (exact) mass is 434 g/mol. The topological polar surface area (TPSA) is 100 Å². The zero-order valence-electron chi connectivity index (χ0n) is 19.6. The number of carbonyl (C=O) groups excluding carboxylic acids is 2. The number of hydrogen-bond acceptors (Lipinski definition) is 7. The molecule has 0 bridgehead atoms. The molecule has 1 rings (SSSR count). The van der Waals surface area contributed by atoms with Gasteiger partial charge >= 0.3 is 5.97 Å². The highest BCUT2D eigenvalue weighted by molar-refractivity contribution is 6.47. The highest BCUT2D eigenvalue weighted by atomic mass is 16.7. The summed E-state index contributed by atoms with van der Waals surface area (Å²) in [5, 5.41) is 0. The van der Waals surface area contributed by atoms with Crippen LogP contribution in [0.25, 0.3) is 0 Å². The maximum absolute atomic E-state index is 12.7. The Hall–Kier alpha value is -2.25. The molecule has 7 nitrogen and oxygen atoms in total. The lowest BCUT2D eigenvalue weighted by Gasteiger charge is -2.16. The number of unbranched alkanes of at least 4 members (excludes halogenated alkanes) is 2. The van der Waals surface area contributed by atoms with E-state index >= 15 is 0 Å². The average Bonchev–Trinajstić information content (AvgIpc) is 3.03. The van der Waals surface area contributed by atoms with Crippen LogP contribution in [-0.2, 0) is 23.8 Å². The molecular formula is C24H38N2O5. The number of methoxy groups -OCH3 is 1. The van der Waals surface area contributed by atoms with Crippen molar-refractivity contribution in [3.63, 3.8) is 0 Å². The van der Waals surface area contributed by atoms with E-state index < -0.39 is 5.79 Å². The first-order valence-corrected chi connectivity index (χ1v) is 11.0. The summed E-state index contributed by atoms with van der Waals surface area (Å²) in [5.74, 6) is -1.02. The van der Waals surface area contributed by atoms with Crippen molar-refractivity contribution in [3.8, 4) is 0 Å². The first-order chi connectivity index (χ1) is 14.8. The Bertz CT molecular complexity index is 707. The second-order valence-electron chi connectivity index (χ2n) is 7.93. The Morgan fingerprint density at radius 3 is 2.52 bits per heavy atom. The number of esters is 1. The molecule has 0 radical (unpaired) electrons. The summed E-state index contributed by atoms with van der Waals surface area (Å²) in [4.78, 5) is 28.4. The van der Waals surface area contributed by atoms with Crippen LogP contribution in [0.5, 0.6) is 0 Å². The molecule has 2 unspecified atom stereocenters. The van der Waals surface area contributed by atoms with Crippen LogP contribution in [0, 0.1) is 0 Å². The largest absolute Gasteiger partial charge is 0.469 e. The van der Waals surface area contributed by atoms with E-state index in [-0.39, 0.29) is 24.0 Å². The van der Waals surface area contributed by atoms with Gasteiger partial charge in [0.25, 0.3) is 0 Å². The van der Waals surface area contributed by atoms with E-state index in [2.05, 4.69) is 11.9 Å². The molecule has 0 aromatic heterocycles. The number of nitrogens with two attached hydrogens (primary N) is 1. The van der Waals surface area contributed by atoms with Gasteiger partial charge in [-0.15, -0.1) is 0 Å². The van der Waals surface area contributed by atoms with Gasteiger partial charge < -0.3 is 19.9 Å². The maximum atomic E-state index is 12.7. The van der Waals surface area contributed by atoms with Crippen molar-refractivity contribution in [1.29, 1.82) is 0 Å². The van der Waals surface area contributed by atoms with Crippen LogP contribution >= 0.6 is 0 Å². The number of aliphatic imine (C=N–C) groups is 1. The van der Waals surface area contributed by atoms with Crippen molar-refractivity contribution < 1.29 is 23.8 Å². The third-order valence-electron chi connectivity index (χ3n) is 4.86. The fourth-order valence-electron chi connectivity index (χ4n) is 3.32. The quantitative estimate of drug-likeness (QED) is 0.200. The summed E-state index contributed by atoms with van der Waals surface area (Å²) < 4.78 is 16.7. The van der Waals surface area contributed by atoms with Gasteiger partial charge in [0.05, 0.1) is 13.2 Å². The molecule has 1 heterocycles. The van der Waals surface area contributed by atoms with Gasteiger partial charge in [0, 0.05) is 30.8 Å². The summed E-state index contributed by atoms with van der Waals surface area (Å²) in [6.45, 7) is 7.64. The first-order valence-electron chi connectivity index (χ1n) is 11.0. The predicted octanol–water partition coefficient (Wildman–Crippen LogP) is 4.37. The van der Waals surface area contributed by atoms with E-state index in [1.807, 2.05) is 26.8 Å². The van der Waals surface area contributed by atoms with E-state index in [1.165, 1.54) is 13.3 Å². The molecule has 0 aromatic carbocycles. The molecule has 0 aromatic rings. The van der Waals surface area contributed by atoms with Gasteiger partial charge in [0.2, 0.25) is 0 Å². The normalized spacial score (nSPS) is 21.8. The minimum Gasteiger partial charge on any atom is -0.469 e. The van der Waals surface area contributed by atoms with E-state index in [0.29, 0.717) is 37.0 Å². The third kappa shape index (κ3) is 9.61. The van der Waals surface area contributed by atoms with Crippen molar-refractivity contribution in [2.45, 2.75) is 90.6 Å². The third-order valence-corrected chi connectivity index (χ3v) is 4.86. The highest BCUT2D eigenvalue weighted by Gasteiger charge is 2.39. The molecule has 1 saturated heterocycles. The van der Waals surface area contributed by atoms with Gasteiger partial charge in [-0.2, -0.15) is 0 Å². The van der Waals surface area contributed by atoms with Gasteiger partial charge in [0.1, 0.15) is 11.8 Å². The summed E-state index contributed by atoms with van der Waals surface area (Å²) >= 11 is 0. The van der Waals surface area contributed by atoms with Gasteiger partial charge in [-0.3, -0.25) is 14.6 Å². The Labute approximate surface area is 186 Å². The number of hydrogen-bond donors (Lipinski definition) is 1. The number of Topliss-reactive ketones (excluding diaryl/α,β-unsaturated/α-hetero) is 1. The zero-order chi connectivity index (χ0) is 23.3. The van der Waals surface area contributed by atoms with Gasteiger partial charge in [-0.05, 0) is 40.0 Å². The molecule has 0 aliphatic carbocycles. The van der Waals surface area contributed by atoms with Gasteiger partial charge in [-0.25, -0.2) is 0 Å². The molecule has 1 fully saturated rings. The van der Waals surface area contributed by atoms with Gasteiger partial charge in [0.15, 0.2) is 11.6 Å². The van der Waals surface area contributed by atoms with Crippen LogP contribution < -0.4 is 5.73 Å². The minimum absolute atomic E-state index is 0.0357. The summed E-state index contributed by atoms with van der Waals surface area (Å²) in [6.07, 6.45) is 12.7. The van der Waals surface area contributed by atoms with Crippen LogP contribution in [0.3, 0.4) is 0 Å². The van der Waals surface area contributed by atoms with Crippen LogP contribution in [0.15, 0.2) is 41.2 Å². The van der Waals surface area contributed by atoms with Crippen molar-refractivity contribution >= 4 is 17.5 Å². The SMILES string of the molecule is C/C=C/N=C(C(=O)CCCCC)\C(=C/N)\C=C\C1OC(C)(C)OC1CCCC(=O)OC. The van der Waals surface area contributed by atoms with E-state index in [9.17, 15) is 9.59 Å². The number of ketones is 1. The molecule has 1 aliphatic heterocycles. The Morgan fingerprint density at radius 1 is 1.16 bits per heavy atom. The molecule has 174 valence electrons. The molecular weight excluding hydrogens is 396 g/mol. The predicted molar refractivity (Wildman–Crippen MR) is 123 cm³/mol. The highest BCUT2D eigenvalue weighted by Crippen LogP contribution is 2.32. The number of carbonyl (C=O) groups is 2. The van der Waals surface area contributed by atoms with Gasteiger partial charge in [-0.1, -0.05) is 38.0 Å². The number of ether oxygens (including phenoxy) is 3. The van der Waals surface area contributed by atoms with Crippen LogP contribution in [0.4, 0.5) is 0 Å². The Balaban J connectivity index is 2.94. The van der Waals surface area contributed by atoms with Crippen molar-refractivity contribution in [2.24, 2.45) is 10.7 Å². The molecule has 0 spiro atoms. The smallest absolute Gasteiger partial charge is 0.305 e. The lowest BCUT2D eigenvalue weighted by molar-refractivity contribution is -0.144. The van der Waals surface area contributed by atoms with Crippen LogP contribution in [-0.4, -0.2) is 42.6 Å². The molecule has 7 heteroatoms. The lowest BCUT2D eigenvalue weighted by Crippen LogP contribution is -2.22. The molecule has 0 amide bonds. The number of rotatable bonds is 13. The maximum Gasteiger partial charge on any atom is 0.305 e. The van der Waals surface area contributed by atoms with E-state index in [0.717, 1.165) is 19.3 Å². The molecule has 2 atom stereocenters. The van der Waals surface area contributed by atoms with E-state index in [1.54, 1.807) is 18.4 Å². The van der Waals surface area contributed by atoms with Crippen molar-refractivity contribution in [3.05, 3.63) is 36.2 Å². The standard InChI is InChI=1S/C24H38N2O5/c1-6-8-9-11-19(27)23(26-16-7-2)18(17-25)14-15-21-20(30-24(3,4)31-21)12-10-13-22(28)29-5/h7,14-17,20-21H,6,8-13,25H2,1-5H3/b15-14+,16-7+,18-17-,26-23+. The Morgan fingerprint density at radius 2 is 1.90 bits per heavy atom. The average molecular weight is 435 g/mol. The zero-order valence-corrected chi connectivity index (χ0v) is 19.6. The molecule has 31 heavy (non-hydrogen) atoms. The van der Waals surface area contributed by atoms with Crippen LogP contribution in [0.1, 0.15) is 72.6 Å². The number of nitrogens with zero attached hydrogens (tertiary/aromatic N) is 1. The Kier molecular flexibility index (Phi) is 12.0. The molecule has 2 N–H and O–H groups in total. The fraction of sp³-hybridized carbons (Fsp3) is 0.625. The number of allylic oxidation sites excluding steroid dienone is 3. The second kappa shape index (κ2) is 13.9. The first kappa shape index (κ1) is 26.8. The summed E-state index contributed by atoms with van der Waals surface area (Å²) in [6, 6.07) is 0. The fourth-order valence-corrected chi connectivity index (χ4v) is 3.32. The van der Waals surface area contributed by atoms with Crippen LogP contribution in [0.2, 0.25) is 0 Å². The van der Waals surface area contributed by atoms with Crippen molar-refractivity contribution in [1.82, 2.24) is 0 Å². The second-order valence-corrected chi connectivity index (χ2v) is 7.93. The summed E-state index contributed by atoms with van der Waals surface area (Å²) in [7, 11) is 1.38. The minimum atomic E-state index is -0.741. The van der Waals surface area contributed by atoms with Crippen molar-refractivity contribution in [2.75, 3.05) is 7.11 Å². The summed E-state index contributed by atoms with van der Waals surface area (Å²) in [5.41, 5.74) is 6.73. The lowest BCUT2D eigenvalue weighted by atomic mass is 10.0.